The summed E-state index contributed by atoms with van der Waals surface area (Å²) >= 11 is 2.21. The Kier molecular flexibility index (Phi) is 1.51. The lowest BCUT2D eigenvalue weighted by atomic mass is 10.7. The largest absolute Gasteiger partial charge is 0.466 e. The number of rotatable bonds is 0. The molecule has 0 aromatic heterocycles. The molecule has 7 heavy (non-hydrogen) atoms. The van der Waals surface area contributed by atoms with Crippen LogP contribution < -0.4 is 0 Å². The van der Waals surface area contributed by atoms with E-state index in [0.717, 1.165) is 12.4 Å². The zero-order chi connectivity index (χ0) is 5.28. The predicted octanol–water partition coefficient (Wildman–Crippen LogP) is 1.20. The highest BCUT2D eigenvalue weighted by molar-refractivity contribution is 14.1. The van der Waals surface area contributed by atoms with Crippen LogP contribution in [0.15, 0.2) is 4.99 Å². The first-order chi connectivity index (χ1) is 3.29. The standard InChI is InChI=1S/C4H6INO/c1-3-6-2-4(5)7-3/h4H,2H2,1H3. The second-order valence-corrected chi connectivity index (χ2v) is 2.78. The normalized spacial score (nSPS) is 29.4. The maximum absolute atomic E-state index is 5.10. The van der Waals surface area contributed by atoms with Gasteiger partial charge in [0, 0.05) is 6.92 Å². The molecular weight excluding hydrogens is 205 g/mol. The summed E-state index contributed by atoms with van der Waals surface area (Å²) in [6.07, 6.45) is 0. The number of nitrogens with zero attached hydrogens (tertiary/aromatic N) is 1. The maximum Gasteiger partial charge on any atom is 0.181 e. The minimum atomic E-state index is 0.289. The van der Waals surface area contributed by atoms with Gasteiger partial charge < -0.3 is 4.74 Å². The van der Waals surface area contributed by atoms with E-state index in [1.807, 2.05) is 6.92 Å². The Morgan fingerprint density at radius 3 is 2.86 bits per heavy atom. The molecule has 1 aliphatic heterocycles. The molecule has 3 heteroatoms. The molecule has 0 aromatic carbocycles. The topological polar surface area (TPSA) is 21.6 Å². The van der Waals surface area contributed by atoms with Gasteiger partial charge in [-0.25, -0.2) is 0 Å². The van der Waals surface area contributed by atoms with Crippen molar-refractivity contribution in [2.45, 2.75) is 11.0 Å². The highest BCUT2D eigenvalue weighted by Gasteiger charge is 2.10. The summed E-state index contributed by atoms with van der Waals surface area (Å²) in [5.41, 5.74) is 0. The van der Waals surface area contributed by atoms with Gasteiger partial charge in [0.1, 0.15) is 0 Å². The fourth-order valence-electron chi connectivity index (χ4n) is 0.460. The van der Waals surface area contributed by atoms with Crippen molar-refractivity contribution in [3.05, 3.63) is 0 Å². The molecule has 40 valence electrons. The molecule has 1 atom stereocenters. The van der Waals surface area contributed by atoms with Crippen LogP contribution in [0.2, 0.25) is 0 Å². The lowest BCUT2D eigenvalue weighted by Gasteiger charge is -1.96. The van der Waals surface area contributed by atoms with Crippen molar-refractivity contribution >= 4 is 28.5 Å². The lowest BCUT2D eigenvalue weighted by molar-refractivity contribution is 0.326. The number of hydrogen-bond acceptors (Lipinski definition) is 2. The van der Waals surface area contributed by atoms with Crippen molar-refractivity contribution in [1.82, 2.24) is 0 Å². The van der Waals surface area contributed by atoms with E-state index < -0.39 is 0 Å². The van der Waals surface area contributed by atoms with Crippen molar-refractivity contribution in [3.8, 4) is 0 Å². The van der Waals surface area contributed by atoms with Gasteiger partial charge >= 0.3 is 0 Å². The third-order valence-corrected chi connectivity index (χ3v) is 1.40. The van der Waals surface area contributed by atoms with Gasteiger partial charge in [-0.05, 0) is 22.6 Å². The van der Waals surface area contributed by atoms with Gasteiger partial charge in [0.05, 0.1) is 6.54 Å². The number of halogens is 1. The van der Waals surface area contributed by atoms with Crippen molar-refractivity contribution in [3.63, 3.8) is 0 Å². The predicted molar refractivity (Wildman–Crippen MR) is 36.9 cm³/mol. The molecule has 0 spiro atoms. The number of alkyl halides is 1. The van der Waals surface area contributed by atoms with Gasteiger partial charge in [-0.2, -0.15) is 0 Å². The molecule has 2 nitrogen and oxygen atoms in total. The van der Waals surface area contributed by atoms with E-state index in [-0.39, 0.29) is 4.11 Å². The number of aliphatic imine (C=N–C) groups is 1. The number of ether oxygens (including phenoxy) is 1. The van der Waals surface area contributed by atoms with Gasteiger partial charge in [-0.15, -0.1) is 0 Å². The van der Waals surface area contributed by atoms with Crippen LogP contribution in [-0.2, 0) is 4.74 Å². The van der Waals surface area contributed by atoms with E-state index in [9.17, 15) is 0 Å². The third kappa shape index (κ3) is 1.29. The van der Waals surface area contributed by atoms with E-state index in [1.165, 1.54) is 0 Å². The first kappa shape index (κ1) is 5.34. The SMILES string of the molecule is CC1=NCC(I)O1. The van der Waals surface area contributed by atoms with Crippen LogP contribution in [0.4, 0.5) is 0 Å². The van der Waals surface area contributed by atoms with Crippen molar-refractivity contribution in [2.75, 3.05) is 6.54 Å². The molecule has 0 fully saturated rings. The van der Waals surface area contributed by atoms with Crippen molar-refractivity contribution < 1.29 is 4.74 Å². The van der Waals surface area contributed by atoms with Crippen LogP contribution in [0.25, 0.3) is 0 Å². The molecule has 0 amide bonds. The summed E-state index contributed by atoms with van der Waals surface area (Å²) in [5.74, 6) is 0.819. The highest BCUT2D eigenvalue weighted by atomic mass is 127. The van der Waals surface area contributed by atoms with E-state index in [0.29, 0.717) is 0 Å². The van der Waals surface area contributed by atoms with E-state index >= 15 is 0 Å². The molecule has 1 aliphatic rings. The minimum absolute atomic E-state index is 0.289. The minimum Gasteiger partial charge on any atom is -0.466 e. The van der Waals surface area contributed by atoms with Gasteiger partial charge in [-0.3, -0.25) is 4.99 Å². The van der Waals surface area contributed by atoms with Gasteiger partial charge in [0.2, 0.25) is 0 Å². The summed E-state index contributed by atoms with van der Waals surface area (Å²) in [5, 5.41) is 0. The lowest BCUT2D eigenvalue weighted by Crippen LogP contribution is -2.00. The van der Waals surface area contributed by atoms with Crippen LogP contribution in [-0.4, -0.2) is 16.6 Å². The molecular formula is C4H6INO. The summed E-state index contributed by atoms with van der Waals surface area (Å²) in [6.45, 7) is 2.70. The summed E-state index contributed by atoms with van der Waals surface area (Å²) in [7, 11) is 0. The summed E-state index contributed by atoms with van der Waals surface area (Å²) in [6, 6.07) is 0. The summed E-state index contributed by atoms with van der Waals surface area (Å²) in [4.78, 5) is 4.00. The third-order valence-electron chi connectivity index (χ3n) is 0.756. The molecule has 1 unspecified atom stereocenters. The molecule has 0 aromatic rings. The van der Waals surface area contributed by atoms with Gasteiger partial charge in [0.25, 0.3) is 0 Å². The molecule has 0 saturated carbocycles. The Hall–Kier alpha value is 0.200. The molecule has 0 aliphatic carbocycles. The van der Waals surface area contributed by atoms with Gasteiger partial charge in [-0.1, -0.05) is 0 Å². The fraction of sp³-hybridized carbons (Fsp3) is 0.750. The Bertz CT molecular complexity index is 102. The van der Waals surface area contributed by atoms with E-state index in [4.69, 9.17) is 4.74 Å². The molecule has 0 bridgehead atoms. The first-order valence-electron chi connectivity index (χ1n) is 2.11. The second kappa shape index (κ2) is 1.98. The zero-order valence-corrected chi connectivity index (χ0v) is 6.18. The van der Waals surface area contributed by atoms with Gasteiger partial charge in [0.15, 0.2) is 10.0 Å². The highest BCUT2D eigenvalue weighted by Crippen LogP contribution is 2.09. The Balaban J connectivity index is 2.42. The number of hydrogen-bond donors (Lipinski definition) is 0. The molecule has 1 heterocycles. The van der Waals surface area contributed by atoms with E-state index in [2.05, 4.69) is 27.6 Å². The van der Waals surface area contributed by atoms with Crippen LogP contribution in [0.5, 0.6) is 0 Å². The first-order valence-corrected chi connectivity index (χ1v) is 3.35. The van der Waals surface area contributed by atoms with Crippen molar-refractivity contribution in [2.24, 2.45) is 4.99 Å². The second-order valence-electron chi connectivity index (χ2n) is 1.39. The maximum atomic E-state index is 5.10. The van der Waals surface area contributed by atoms with E-state index in [1.54, 1.807) is 0 Å². The quantitative estimate of drug-likeness (QED) is 0.435. The molecule has 0 radical (unpaired) electrons. The van der Waals surface area contributed by atoms with Crippen LogP contribution in [0, 0.1) is 0 Å². The Labute approximate surface area is 56.1 Å². The van der Waals surface area contributed by atoms with Crippen LogP contribution in [0.1, 0.15) is 6.92 Å². The Morgan fingerprint density at radius 2 is 2.71 bits per heavy atom. The monoisotopic (exact) mass is 211 g/mol. The fourth-order valence-corrected chi connectivity index (χ4v) is 1.02. The Morgan fingerprint density at radius 1 is 2.00 bits per heavy atom. The molecule has 1 rings (SSSR count). The average Bonchev–Trinajstić information content (AvgIpc) is 1.87. The smallest absolute Gasteiger partial charge is 0.181 e. The molecule has 0 saturated heterocycles. The summed E-state index contributed by atoms with van der Waals surface area (Å²) < 4.78 is 5.39. The van der Waals surface area contributed by atoms with Crippen LogP contribution in [0.3, 0.4) is 0 Å². The van der Waals surface area contributed by atoms with Crippen molar-refractivity contribution in [1.29, 1.82) is 0 Å². The average molecular weight is 211 g/mol. The zero-order valence-electron chi connectivity index (χ0n) is 4.02. The molecule has 0 N–H and O–H groups in total. The van der Waals surface area contributed by atoms with Crippen LogP contribution >= 0.6 is 22.6 Å².